The van der Waals surface area contributed by atoms with Gasteiger partial charge >= 0.3 is 0 Å². The zero-order valence-corrected chi connectivity index (χ0v) is 13.4. The molecule has 0 radical (unpaired) electrons. The first-order chi connectivity index (χ1) is 10.0. The average molecular weight is 321 g/mol. The molecule has 0 aliphatic rings. The van der Waals surface area contributed by atoms with Gasteiger partial charge in [0.05, 0.1) is 11.0 Å². The molecule has 0 amide bonds. The highest BCUT2D eigenvalue weighted by atomic mass is 32.2. The van der Waals surface area contributed by atoms with E-state index >= 15 is 0 Å². The molecule has 21 heavy (non-hydrogen) atoms. The molecule has 0 aromatic heterocycles. The predicted molar refractivity (Wildman–Crippen MR) is 89.8 cm³/mol. The molecule has 7 heteroatoms. The first-order valence-electron chi connectivity index (χ1n) is 6.34. The molecule has 1 aromatic rings. The van der Waals surface area contributed by atoms with Crippen LogP contribution in [0.15, 0.2) is 30.3 Å². The molecule has 0 bridgehead atoms. The molecule has 0 saturated heterocycles. The molecule has 5 nitrogen and oxygen atoms in total. The zero-order chi connectivity index (χ0) is 15.8. The molecule has 0 fully saturated rings. The first kappa shape index (κ1) is 17.1. The summed E-state index contributed by atoms with van der Waals surface area (Å²) in [6.07, 6.45) is 1.36. The van der Waals surface area contributed by atoms with Gasteiger partial charge in [-0.25, -0.2) is 0 Å². The number of hydrogen-bond acceptors (Lipinski definition) is 5. The van der Waals surface area contributed by atoms with Crippen LogP contribution in [0.3, 0.4) is 0 Å². The Labute approximate surface area is 133 Å². The standard InChI is InChI=1S/C14H15N3O2S2/c1-3-16(4-2)14(20)21-13(8-9-15)11-6-5-7-12(10-11)17(18)19/h5-8,10H,3-4H2,1-2H3/b13-8+. The molecule has 110 valence electrons. The Kier molecular flexibility index (Phi) is 6.85. The van der Waals surface area contributed by atoms with E-state index < -0.39 is 4.92 Å². The van der Waals surface area contributed by atoms with Crippen molar-refractivity contribution in [1.29, 1.82) is 5.26 Å². The largest absolute Gasteiger partial charge is 0.358 e. The molecule has 0 heterocycles. The number of thioether (sulfide) groups is 1. The number of nitro groups is 1. The fourth-order valence-corrected chi connectivity index (χ4v) is 3.10. The normalized spacial score (nSPS) is 10.8. The highest BCUT2D eigenvalue weighted by molar-refractivity contribution is 8.29. The molecular weight excluding hydrogens is 306 g/mol. The Balaban J connectivity index is 3.06. The van der Waals surface area contributed by atoms with Crippen molar-refractivity contribution in [3.63, 3.8) is 0 Å². The van der Waals surface area contributed by atoms with Gasteiger partial charge in [0.15, 0.2) is 0 Å². The maximum absolute atomic E-state index is 10.8. The van der Waals surface area contributed by atoms with E-state index in [9.17, 15) is 10.1 Å². The monoisotopic (exact) mass is 321 g/mol. The van der Waals surface area contributed by atoms with E-state index in [0.717, 1.165) is 13.1 Å². The third-order valence-electron chi connectivity index (χ3n) is 2.76. The minimum atomic E-state index is -0.457. The third-order valence-corrected chi connectivity index (χ3v) is 4.27. The van der Waals surface area contributed by atoms with Crippen LogP contribution in [0.5, 0.6) is 0 Å². The summed E-state index contributed by atoms with van der Waals surface area (Å²) in [5.41, 5.74) is 0.607. The van der Waals surface area contributed by atoms with Crippen molar-refractivity contribution in [2.45, 2.75) is 13.8 Å². The van der Waals surface area contributed by atoms with Crippen LogP contribution in [0.1, 0.15) is 19.4 Å². The maximum Gasteiger partial charge on any atom is 0.270 e. The van der Waals surface area contributed by atoms with Crippen molar-refractivity contribution in [1.82, 2.24) is 4.90 Å². The average Bonchev–Trinajstić information content (AvgIpc) is 2.48. The van der Waals surface area contributed by atoms with E-state index in [-0.39, 0.29) is 5.69 Å². The van der Waals surface area contributed by atoms with Gasteiger partial charge in [-0.3, -0.25) is 10.1 Å². The number of hydrogen-bond donors (Lipinski definition) is 0. The van der Waals surface area contributed by atoms with Crippen LogP contribution >= 0.6 is 24.0 Å². The van der Waals surface area contributed by atoms with Crippen molar-refractivity contribution in [2.75, 3.05) is 13.1 Å². The predicted octanol–water partition coefficient (Wildman–Crippen LogP) is 3.82. The molecule has 0 unspecified atom stereocenters. The second-order valence-electron chi connectivity index (χ2n) is 3.99. The van der Waals surface area contributed by atoms with Crippen molar-refractivity contribution in [3.05, 3.63) is 46.0 Å². The van der Waals surface area contributed by atoms with Crippen LogP contribution in [-0.4, -0.2) is 27.2 Å². The smallest absolute Gasteiger partial charge is 0.270 e. The Morgan fingerprint density at radius 2 is 2.19 bits per heavy atom. The quantitative estimate of drug-likeness (QED) is 0.355. The Morgan fingerprint density at radius 1 is 1.52 bits per heavy atom. The van der Waals surface area contributed by atoms with Crippen LogP contribution in [0.2, 0.25) is 0 Å². The molecule has 1 aromatic carbocycles. The molecular formula is C14H15N3O2S2. The minimum Gasteiger partial charge on any atom is -0.358 e. The van der Waals surface area contributed by atoms with Crippen LogP contribution in [-0.2, 0) is 0 Å². The van der Waals surface area contributed by atoms with E-state index in [0.29, 0.717) is 14.8 Å². The van der Waals surface area contributed by atoms with Gasteiger partial charge in [-0.15, -0.1) is 0 Å². The van der Waals surface area contributed by atoms with Gasteiger partial charge in [0.25, 0.3) is 5.69 Å². The van der Waals surface area contributed by atoms with E-state index in [1.54, 1.807) is 12.1 Å². The number of nitriles is 1. The fraction of sp³-hybridized carbons (Fsp3) is 0.286. The Hall–Kier alpha value is -1.91. The number of nitrogens with zero attached hydrogens (tertiary/aromatic N) is 3. The number of allylic oxidation sites excluding steroid dienone is 1. The van der Waals surface area contributed by atoms with Gasteiger partial charge in [0.2, 0.25) is 0 Å². The summed E-state index contributed by atoms with van der Waals surface area (Å²) in [4.78, 5) is 13.0. The highest BCUT2D eigenvalue weighted by Gasteiger charge is 2.13. The van der Waals surface area contributed by atoms with Gasteiger partial charge in [-0.2, -0.15) is 5.26 Å². The van der Waals surface area contributed by atoms with Gasteiger partial charge in [-0.1, -0.05) is 36.1 Å². The lowest BCUT2D eigenvalue weighted by Gasteiger charge is -2.21. The van der Waals surface area contributed by atoms with Gasteiger partial charge in [-0.05, 0) is 19.4 Å². The molecule has 0 atom stereocenters. The van der Waals surface area contributed by atoms with Gasteiger partial charge in [0.1, 0.15) is 4.32 Å². The zero-order valence-electron chi connectivity index (χ0n) is 11.8. The van der Waals surface area contributed by atoms with Crippen molar-refractivity contribution >= 4 is 38.9 Å². The second kappa shape index (κ2) is 8.39. The lowest BCUT2D eigenvalue weighted by molar-refractivity contribution is -0.384. The van der Waals surface area contributed by atoms with E-state index in [1.165, 1.54) is 30.0 Å². The SMILES string of the molecule is CCN(CC)C(=S)S/C(=C/C#N)c1cccc([N+](=O)[O-])c1. The van der Waals surface area contributed by atoms with Crippen molar-refractivity contribution in [2.24, 2.45) is 0 Å². The molecule has 0 N–H and O–H groups in total. The highest BCUT2D eigenvalue weighted by Crippen LogP contribution is 2.31. The van der Waals surface area contributed by atoms with E-state index in [4.69, 9.17) is 17.5 Å². The Morgan fingerprint density at radius 3 is 2.71 bits per heavy atom. The maximum atomic E-state index is 10.8. The summed E-state index contributed by atoms with van der Waals surface area (Å²) in [5.74, 6) is 0. The van der Waals surface area contributed by atoms with Crippen LogP contribution in [0.25, 0.3) is 4.91 Å². The molecule has 0 aliphatic heterocycles. The van der Waals surface area contributed by atoms with E-state index in [1.807, 2.05) is 24.8 Å². The molecule has 0 saturated carbocycles. The second-order valence-corrected chi connectivity index (χ2v) is 5.66. The topological polar surface area (TPSA) is 70.2 Å². The number of benzene rings is 1. The number of rotatable bonds is 5. The lowest BCUT2D eigenvalue weighted by atomic mass is 10.2. The number of thiocarbonyl (C=S) groups is 1. The third kappa shape index (κ3) is 4.85. The van der Waals surface area contributed by atoms with Crippen molar-refractivity contribution in [3.8, 4) is 6.07 Å². The van der Waals surface area contributed by atoms with Crippen LogP contribution in [0.4, 0.5) is 5.69 Å². The first-order valence-corrected chi connectivity index (χ1v) is 7.57. The number of nitro benzene ring substituents is 1. The van der Waals surface area contributed by atoms with Crippen LogP contribution in [0, 0.1) is 21.4 Å². The van der Waals surface area contributed by atoms with E-state index in [2.05, 4.69) is 0 Å². The Bertz CT molecular complexity index is 604. The van der Waals surface area contributed by atoms with Crippen LogP contribution < -0.4 is 0 Å². The summed E-state index contributed by atoms with van der Waals surface area (Å²) >= 11 is 6.63. The summed E-state index contributed by atoms with van der Waals surface area (Å²) in [6, 6.07) is 8.15. The van der Waals surface area contributed by atoms with Gasteiger partial charge < -0.3 is 4.90 Å². The lowest BCUT2D eigenvalue weighted by Crippen LogP contribution is -2.26. The summed E-state index contributed by atoms with van der Waals surface area (Å²) in [5, 5.41) is 19.7. The summed E-state index contributed by atoms with van der Waals surface area (Å²) in [7, 11) is 0. The summed E-state index contributed by atoms with van der Waals surface area (Å²) in [6.45, 7) is 5.54. The fourth-order valence-electron chi connectivity index (χ4n) is 1.64. The molecule has 1 rings (SSSR count). The summed E-state index contributed by atoms with van der Waals surface area (Å²) < 4.78 is 0.646. The molecule has 0 aliphatic carbocycles. The minimum absolute atomic E-state index is 0.00861. The van der Waals surface area contributed by atoms with Gasteiger partial charge in [0, 0.05) is 36.2 Å². The molecule has 0 spiro atoms. The number of non-ortho nitro benzene ring substituents is 1. The van der Waals surface area contributed by atoms with Crippen molar-refractivity contribution < 1.29 is 4.92 Å².